The number of hydrogen-bond donors (Lipinski definition) is 2. The Bertz CT molecular complexity index is 930. The van der Waals surface area contributed by atoms with E-state index in [0.717, 1.165) is 0 Å². The van der Waals surface area contributed by atoms with Crippen molar-refractivity contribution in [3.8, 4) is 5.75 Å². The molecule has 0 spiro atoms. The van der Waals surface area contributed by atoms with Crippen LogP contribution < -0.4 is 10.2 Å². The molecular formula is C22H30F3N3O9. The summed E-state index contributed by atoms with van der Waals surface area (Å²) in [6.07, 6.45) is -5.54. The molecule has 1 aliphatic heterocycles. The molecule has 0 saturated carbocycles. The number of nitrogens with zero attached hydrogens (tertiary/aromatic N) is 2. The van der Waals surface area contributed by atoms with Gasteiger partial charge in [-0.05, 0) is 26.8 Å². The van der Waals surface area contributed by atoms with Gasteiger partial charge in [0.25, 0.3) is 0 Å². The van der Waals surface area contributed by atoms with Crippen molar-refractivity contribution in [1.82, 2.24) is 5.48 Å². The number of nitrogens with one attached hydrogen (secondary N) is 1. The average Bonchev–Trinajstić information content (AvgIpc) is 3.59. The lowest BCUT2D eigenvalue weighted by Crippen LogP contribution is -2.32. The number of hydrogen-bond acceptors (Lipinski definition) is 10. The number of carbonyl (C=O) groups excluding carboxylic acids is 1. The number of alkyl halides is 3. The molecule has 0 aromatic heterocycles. The van der Waals surface area contributed by atoms with Gasteiger partial charge in [0.05, 0.1) is 33.0 Å². The number of benzene rings is 1. The van der Waals surface area contributed by atoms with Crippen LogP contribution in [-0.4, -0.2) is 75.2 Å². The average molecular weight is 537 g/mol. The van der Waals surface area contributed by atoms with E-state index >= 15 is 0 Å². The minimum atomic E-state index is -4.71. The van der Waals surface area contributed by atoms with Crippen molar-refractivity contribution in [3.05, 3.63) is 29.3 Å². The number of carboxylic acids is 1. The maximum absolute atomic E-state index is 13.4. The van der Waals surface area contributed by atoms with Crippen LogP contribution >= 0.6 is 0 Å². The fourth-order valence-corrected chi connectivity index (χ4v) is 2.75. The van der Waals surface area contributed by atoms with Crippen molar-refractivity contribution in [2.45, 2.75) is 44.8 Å². The first-order valence-corrected chi connectivity index (χ1v) is 11.2. The highest BCUT2D eigenvalue weighted by Gasteiger charge is 2.65. The fraction of sp³-hybridized carbons (Fsp3) is 0.636. The van der Waals surface area contributed by atoms with E-state index in [2.05, 4.69) is 15.7 Å². The Morgan fingerprint density at radius 1 is 0.973 bits per heavy atom. The van der Waals surface area contributed by atoms with Crippen molar-refractivity contribution in [3.63, 3.8) is 0 Å². The van der Waals surface area contributed by atoms with Crippen molar-refractivity contribution in [1.29, 1.82) is 0 Å². The molecule has 0 atom stereocenters. The van der Waals surface area contributed by atoms with E-state index in [1.54, 1.807) is 20.8 Å². The van der Waals surface area contributed by atoms with E-state index in [-0.39, 0.29) is 57.6 Å². The van der Waals surface area contributed by atoms with Crippen LogP contribution in [0.1, 0.15) is 31.9 Å². The van der Waals surface area contributed by atoms with E-state index in [4.69, 9.17) is 33.6 Å². The third-order valence-electron chi connectivity index (χ3n) is 4.40. The first kappa shape index (κ1) is 30.2. The summed E-state index contributed by atoms with van der Waals surface area (Å²) in [6.45, 7) is 5.21. The van der Waals surface area contributed by atoms with Crippen LogP contribution in [0.15, 0.2) is 28.4 Å². The molecule has 208 valence electrons. The van der Waals surface area contributed by atoms with Crippen LogP contribution in [0.2, 0.25) is 0 Å². The number of amides is 1. The summed E-state index contributed by atoms with van der Waals surface area (Å²) in [4.78, 5) is 27.2. The van der Waals surface area contributed by atoms with Crippen molar-refractivity contribution < 1.29 is 56.4 Å². The zero-order valence-corrected chi connectivity index (χ0v) is 20.6. The Kier molecular flexibility index (Phi) is 11.0. The van der Waals surface area contributed by atoms with Gasteiger partial charge in [-0.1, -0.05) is 12.1 Å². The van der Waals surface area contributed by atoms with Gasteiger partial charge >= 0.3 is 23.9 Å². The zero-order valence-electron chi connectivity index (χ0n) is 20.6. The SMILES string of the molecule is CC(C)(C)OC(=O)NOCc1ccc(C2(C(F)(F)F)N=N2)cc1OCCOCCOCCOCC(=O)O. The minimum Gasteiger partial charge on any atom is -0.491 e. The van der Waals surface area contributed by atoms with Crippen LogP contribution in [0, 0.1) is 0 Å². The molecule has 1 aliphatic rings. The Balaban J connectivity index is 1.85. The predicted octanol–water partition coefficient (Wildman–Crippen LogP) is 3.34. The summed E-state index contributed by atoms with van der Waals surface area (Å²) in [5.41, 5.74) is -1.14. The third kappa shape index (κ3) is 10.5. The first-order valence-electron chi connectivity index (χ1n) is 11.2. The number of aliphatic carboxylic acids is 1. The monoisotopic (exact) mass is 537 g/mol. The van der Waals surface area contributed by atoms with Crippen LogP contribution in [0.4, 0.5) is 18.0 Å². The number of carbonyl (C=O) groups is 2. The molecule has 0 aliphatic carbocycles. The van der Waals surface area contributed by atoms with Gasteiger partial charge in [-0.3, -0.25) is 4.84 Å². The van der Waals surface area contributed by atoms with E-state index in [0.29, 0.717) is 5.56 Å². The van der Waals surface area contributed by atoms with Crippen LogP contribution in [-0.2, 0) is 40.8 Å². The largest absolute Gasteiger partial charge is 0.491 e. The number of ether oxygens (including phenoxy) is 5. The summed E-state index contributed by atoms with van der Waals surface area (Å²) >= 11 is 0. The highest BCUT2D eigenvalue weighted by atomic mass is 19.4. The molecule has 0 unspecified atom stereocenters. The molecular weight excluding hydrogens is 507 g/mol. The predicted molar refractivity (Wildman–Crippen MR) is 119 cm³/mol. The quantitative estimate of drug-likeness (QED) is 0.239. The van der Waals surface area contributed by atoms with E-state index in [1.807, 2.05) is 0 Å². The molecule has 2 N–H and O–H groups in total. The van der Waals surface area contributed by atoms with Gasteiger partial charge in [0.15, 0.2) is 0 Å². The van der Waals surface area contributed by atoms with Gasteiger partial charge < -0.3 is 28.8 Å². The molecule has 0 fully saturated rings. The fourth-order valence-electron chi connectivity index (χ4n) is 2.75. The Hall–Kier alpha value is -3.01. The summed E-state index contributed by atoms with van der Waals surface area (Å²) < 4.78 is 66.3. The van der Waals surface area contributed by atoms with Gasteiger partial charge in [-0.2, -0.15) is 18.7 Å². The minimum absolute atomic E-state index is 0.00895. The lowest BCUT2D eigenvalue weighted by atomic mass is 10.0. The van der Waals surface area contributed by atoms with Crippen molar-refractivity contribution >= 4 is 12.1 Å². The van der Waals surface area contributed by atoms with Gasteiger partial charge in [-0.15, -0.1) is 10.2 Å². The molecule has 12 nitrogen and oxygen atoms in total. The van der Waals surface area contributed by atoms with Gasteiger partial charge in [0.2, 0.25) is 0 Å². The van der Waals surface area contributed by atoms with E-state index < -0.39 is 36.1 Å². The zero-order chi connectivity index (χ0) is 27.5. The van der Waals surface area contributed by atoms with Crippen molar-refractivity contribution in [2.75, 3.05) is 46.2 Å². The lowest BCUT2D eigenvalue weighted by molar-refractivity contribution is -0.166. The molecule has 2 rings (SSSR count). The van der Waals surface area contributed by atoms with Crippen LogP contribution in [0.25, 0.3) is 0 Å². The molecule has 15 heteroatoms. The highest BCUT2D eigenvalue weighted by Crippen LogP contribution is 2.53. The number of rotatable bonds is 16. The Morgan fingerprint density at radius 2 is 1.57 bits per heavy atom. The number of hydroxylamine groups is 1. The molecule has 1 aromatic carbocycles. The van der Waals surface area contributed by atoms with Crippen LogP contribution in [0.5, 0.6) is 5.75 Å². The number of halogens is 3. The van der Waals surface area contributed by atoms with Gasteiger partial charge in [0, 0.05) is 11.1 Å². The lowest BCUT2D eigenvalue weighted by Gasteiger charge is -2.20. The molecule has 1 heterocycles. The van der Waals surface area contributed by atoms with Gasteiger partial charge in [0.1, 0.15) is 31.2 Å². The second-order valence-corrected chi connectivity index (χ2v) is 8.60. The first-order chi connectivity index (χ1) is 17.3. The molecule has 0 radical (unpaired) electrons. The smallest absolute Gasteiger partial charge is 0.442 e. The third-order valence-corrected chi connectivity index (χ3v) is 4.40. The van der Waals surface area contributed by atoms with Crippen molar-refractivity contribution in [2.24, 2.45) is 10.2 Å². The van der Waals surface area contributed by atoms with Crippen LogP contribution in [0.3, 0.4) is 0 Å². The molecule has 1 aromatic rings. The summed E-state index contributed by atoms with van der Waals surface area (Å²) in [7, 11) is 0. The maximum Gasteiger partial charge on any atom is 0.442 e. The molecule has 0 saturated heterocycles. The molecule has 37 heavy (non-hydrogen) atoms. The van der Waals surface area contributed by atoms with E-state index in [9.17, 15) is 22.8 Å². The second-order valence-electron chi connectivity index (χ2n) is 8.60. The number of carboxylic acid groups (broad SMARTS) is 1. The highest BCUT2D eigenvalue weighted by molar-refractivity contribution is 5.68. The molecule has 0 bridgehead atoms. The summed E-state index contributed by atoms with van der Waals surface area (Å²) in [5, 5.41) is 14.8. The Labute approximate surface area is 211 Å². The molecule has 1 amide bonds. The topological polar surface area (TPSA) is 146 Å². The Morgan fingerprint density at radius 3 is 2.11 bits per heavy atom. The normalized spacial score (nSPS) is 14.3. The standard InChI is InChI=1S/C22H30F3N3O9/c1-20(2,3)37-19(31)26-36-13-15-4-5-16(21(27-28-21)22(23,24)25)12-17(15)35-11-10-33-7-6-32-8-9-34-14-18(29)30/h4-5,12H,6-11,13-14H2,1-3H3,(H,26,31)(H,29,30). The second kappa shape index (κ2) is 13.5. The summed E-state index contributed by atoms with van der Waals surface area (Å²) in [5.74, 6) is -1.00. The summed E-state index contributed by atoms with van der Waals surface area (Å²) in [6, 6.07) is 3.74. The van der Waals surface area contributed by atoms with Gasteiger partial charge in [-0.25, -0.2) is 9.59 Å². The maximum atomic E-state index is 13.4. The van der Waals surface area contributed by atoms with E-state index in [1.165, 1.54) is 18.2 Å².